The Morgan fingerprint density at radius 1 is 1.62 bits per heavy atom. The molecular weight excluding hydrogens is 236 g/mol. The van der Waals surface area contributed by atoms with Gasteiger partial charge in [-0.25, -0.2) is 0 Å². The minimum absolute atomic E-state index is 0.0316. The Morgan fingerprint density at radius 3 is 2.62 bits per heavy atom. The Hall–Kier alpha value is -2.13. The van der Waals surface area contributed by atoms with E-state index >= 15 is 0 Å². The number of halogens is 1. The van der Waals surface area contributed by atoms with E-state index in [9.17, 15) is 14.9 Å². The molecule has 7 heteroatoms. The topological polar surface area (TPSA) is 93.2 Å². The summed E-state index contributed by atoms with van der Waals surface area (Å²) in [5, 5.41) is 18.5. The van der Waals surface area contributed by atoms with Crippen LogP contribution >= 0.6 is 11.6 Å². The van der Waals surface area contributed by atoms with Crippen LogP contribution in [0.1, 0.15) is 15.9 Å². The number of ether oxygens (including phenoxy) is 1. The van der Waals surface area contributed by atoms with Crippen LogP contribution in [-0.2, 0) is 0 Å². The molecule has 0 unspecified atom stereocenters. The zero-order valence-electron chi connectivity index (χ0n) is 8.06. The number of nitro groups is 1. The highest BCUT2D eigenvalue weighted by molar-refractivity contribution is 6.68. The van der Waals surface area contributed by atoms with Crippen molar-refractivity contribution in [1.29, 1.82) is 5.26 Å². The lowest BCUT2D eigenvalue weighted by Crippen LogP contribution is -2.03. The second kappa shape index (κ2) is 4.59. The van der Waals surface area contributed by atoms with Crippen LogP contribution in [0.2, 0.25) is 0 Å². The largest absolute Gasteiger partial charge is 0.489 e. The van der Waals surface area contributed by atoms with Crippen LogP contribution in [0, 0.1) is 21.4 Å². The molecule has 0 aliphatic heterocycles. The molecule has 1 rings (SSSR count). The van der Waals surface area contributed by atoms with Crippen molar-refractivity contribution >= 4 is 22.5 Å². The molecule has 0 atom stereocenters. The summed E-state index contributed by atoms with van der Waals surface area (Å²) in [6.45, 7) is 0. The Balaban J connectivity index is 3.65. The van der Waals surface area contributed by atoms with Crippen molar-refractivity contribution in [2.24, 2.45) is 0 Å². The summed E-state index contributed by atoms with van der Waals surface area (Å²) in [5.74, 6) is -0.265. The van der Waals surface area contributed by atoms with Crippen molar-refractivity contribution in [3.05, 3.63) is 33.4 Å². The number of hydrogen-bond donors (Lipinski definition) is 0. The van der Waals surface area contributed by atoms with Gasteiger partial charge < -0.3 is 4.74 Å². The number of nitriles is 1. The van der Waals surface area contributed by atoms with E-state index in [1.165, 1.54) is 13.2 Å². The van der Waals surface area contributed by atoms with Gasteiger partial charge in [0.25, 0.3) is 5.24 Å². The molecule has 0 radical (unpaired) electrons. The molecule has 0 aliphatic carbocycles. The van der Waals surface area contributed by atoms with Crippen molar-refractivity contribution in [1.82, 2.24) is 0 Å². The molecule has 0 saturated carbocycles. The van der Waals surface area contributed by atoms with Gasteiger partial charge in [-0.15, -0.1) is 0 Å². The fourth-order valence-electron chi connectivity index (χ4n) is 1.21. The Kier molecular flexibility index (Phi) is 3.43. The van der Waals surface area contributed by atoms with Crippen molar-refractivity contribution in [3.63, 3.8) is 0 Å². The normalized spacial score (nSPS) is 9.31. The first-order valence-corrected chi connectivity index (χ1v) is 4.36. The molecule has 1 aromatic rings. The fraction of sp³-hybridized carbons (Fsp3) is 0.111. The third-order valence-corrected chi connectivity index (χ3v) is 2.05. The van der Waals surface area contributed by atoms with Gasteiger partial charge in [0.05, 0.1) is 12.0 Å². The second-order valence-corrected chi connectivity index (χ2v) is 3.03. The molecule has 0 amide bonds. The summed E-state index contributed by atoms with van der Waals surface area (Å²) in [7, 11) is 1.17. The summed E-state index contributed by atoms with van der Waals surface area (Å²) in [4.78, 5) is 20.9. The van der Waals surface area contributed by atoms with Crippen LogP contribution in [0.3, 0.4) is 0 Å². The van der Waals surface area contributed by atoms with E-state index < -0.39 is 15.9 Å². The van der Waals surface area contributed by atoms with Gasteiger partial charge in [0.15, 0.2) is 0 Å². The first-order chi connectivity index (χ1) is 7.52. The van der Waals surface area contributed by atoms with E-state index in [1.54, 1.807) is 6.07 Å². The van der Waals surface area contributed by atoms with Crippen LogP contribution in [0.15, 0.2) is 12.1 Å². The molecule has 0 saturated heterocycles. The van der Waals surface area contributed by atoms with Crippen molar-refractivity contribution < 1.29 is 14.5 Å². The molecule has 0 aromatic heterocycles. The van der Waals surface area contributed by atoms with Gasteiger partial charge in [0, 0.05) is 0 Å². The molecule has 0 aliphatic rings. The summed E-state index contributed by atoms with van der Waals surface area (Å²) in [6, 6.07) is 4.08. The van der Waals surface area contributed by atoms with Gasteiger partial charge in [-0.1, -0.05) is 0 Å². The van der Waals surface area contributed by atoms with E-state index in [2.05, 4.69) is 0 Å². The molecule has 0 heterocycles. The maximum Gasteiger partial charge on any atom is 0.324 e. The molecule has 82 valence electrons. The van der Waals surface area contributed by atoms with Crippen molar-refractivity contribution in [2.45, 2.75) is 0 Å². The smallest absolute Gasteiger partial charge is 0.324 e. The number of methoxy groups -OCH3 is 1. The Morgan fingerprint density at radius 2 is 2.25 bits per heavy atom. The number of hydrogen-bond acceptors (Lipinski definition) is 5. The molecule has 6 nitrogen and oxygen atoms in total. The third-order valence-electron chi connectivity index (χ3n) is 1.85. The molecule has 0 N–H and O–H groups in total. The monoisotopic (exact) mass is 240 g/mol. The van der Waals surface area contributed by atoms with E-state index in [-0.39, 0.29) is 16.9 Å². The first kappa shape index (κ1) is 11.9. The number of carbonyl (C=O) groups is 1. The number of benzene rings is 1. The van der Waals surface area contributed by atoms with Gasteiger partial charge in [0.2, 0.25) is 5.75 Å². The maximum absolute atomic E-state index is 11.0. The molecule has 0 fully saturated rings. The number of carbonyl (C=O) groups excluding carboxylic acids is 1. The summed E-state index contributed by atoms with van der Waals surface area (Å²) in [5.41, 5.74) is -0.931. The lowest BCUT2D eigenvalue weighted by Gasteiger charge is -2.05. The second-order valence-electron chi connectivity index (χ2n) is 2.69. The van der Waals surface area contributed by atoms with Crippen LogP contribution in [0.5, 0.6) is 5.75 Å². The Labute approximate surface area is 95.2 Å². The zero-order chi connectivity index (χ0) is 12.3. The van der Waals surface area contributed by atoms with Crippen molar-refractivity contribution in [3.8, 4) is 11.8 Å². The van der Waals surface area contributed by atoms with E-state index in [0.717, 1.165) is 6.07 Å². The number of nitro benzene ring substituents is 1. The Bertz CT molecular complexity index is 507. The molecule has 16 heavy (non-hydrogen) atoms. The number of rotatable bonds is 3. The predicted molar refractivity (Wildman–Crippen MR) is 54.5 cm³/mol. The van der Waals surface area contributed by atoms with E-state index in [1.807, 2.05) is 0 Å². The van der Waals surface area contributed by atoms with Crippen molar-refractivity contribution in [2.75, 3.05) is 7.11 Å². The fourth-order valence-corrected chi connectivity index (χ4v) is 1.36. The SMILES string of the molecule is COc1c(C#N)ccc(C(=O)Cl)c1[N+](=O)[O-]. The van der Waals surface area contributed by atoms with Gasteiger partial charge in [-0.05, 0) is 23.7 Å². The highest BCUT2D eigenvalue weighted by Crippen LogP contribution is 2.34. The summed E-state index contributed by atoms with van der Waals surface area (Å²) >= 11 is 5.20. The number of nitrogens with zero attached hydrogens (tertiary/aromatic N) is 2. The van der Waals surface area contributed by atoms with Crippen LogP contribution in [-0.4, -0.2) is 17.3 Å². The van der Waals surface area contributed by atoms with Gasteiger partial charge in [-0.2, -0.15) is 5.26 Å². The van der Waals surface area contributed by atoms with E-state index in [0.29, 0.717) is 0 Å². The lowest BCUT2D eigenvalue weighted by molar-refractivity contribution is -0.386. The molecule has 0 spiro atoms. The molecule has 0 bridgehead atoms. The zero-order valence-corrected chi connectivity index (χ0v) is 8.82. The third kappa shape index (κ3) is 1.94. The quantitative estimate of drug-likeness (QED) is 0.457. The maximum atomic E-state index is 11.0. The van der Waals surface area contributed by atoms with Gasteiger partial charge >= 0.3 is 5.69 Å². The highest BCUT2D eigenvalue weighted by Gasteiger charge is 2.27. The lowest BCUT2D eigenvalue weighted by atomic mass is 10.1. The summed E-state index contributed by atoms with van der Waals surface area (Å²) in [6.07, 6.45) is 0. The van der Waals surface area contributed by atoms with Crippen LogP contribution in [0.25, 0.3) is 0 Å². The minimum atomic E-state index is -0.977. The predicted octanol–water partition coefficient (Wildman–Crippen LogP) is 1.85. The average molecular weight is 241 g/mol. The van der Waals surface area contributed by atoms with Gasteiger partial charge in [0.1, 0.15) is 17.2 Å². The average Bonchev–Trinajstić information content (AvgIpc) is 2.26. The van der Waals surface area contributed by atoms with E-state index in [4.69, 9.17) is 21.6 Å². The molecular formula is C9H5ClN2O4. The highest BCUT2D eigenvalue weighted by atomic mass is 35.5. The summed E-state index contributed by atoms with van der Waals surface area (Å²) < 4.78 is 4.74. The van der Waals surface area contributed by atoms with Gasteiger partial charge in [-0.3, -0.25) is 14.9 Å². The van der Waals surface area contributed by atoms with Crippen LogP contribution in [0.4, 0.5) is 5.69 Å². The minimum Gasteiger partial charge on any atom is -0.489 e. The molecule has 1 aromatic carbocycles. The standard InChI is InChI=1S/C9H5ClN2O4/c1-16-8-5(4-11)2-3-6(9(10)13)7(8)12(14)15/h2-3H,1H3. The van der Waals surface area contributed by atoms with Crippen LogP contribution < -0.4 is 4.74 Å². The first-order valence-electron chi connectivity index (χ1n) is 3.98.